The summed E-state index contributed by atoms with van der Waals surface area (Å²) in [6.45, 7) is 4.54. The molecule has 0 saturated carbocycles. The van der Waals surface area contributed by atoms with Crippen LogP contribution in [-0.4, -0.2) is 87.4 Å². The molecule has 69 heavy (non-hydrogen) atoms. The van der Waals surface area contributed by atoms with Gasteiger partial charge in [0.25, 0.3) is 6.29 Å². The van der Waals surface area contributed by atoms with Crippen molar-refractivity contribution in [3.05, 3.63) is 109 Å². The van der Waals surface area contributed by atoms with Crippen molar-refractivity contribution >= 4 is 17.9 Å². The maximum absolute atomic E-state index is 12.8. The number of carboxylic acids is 1. The summed E-state index contributed by atoms with van der Waals surface area (Å²) < 4.78 is 22.7. The van der Waals surface area contributed by atoms with Gasteiger partial charge in [0.1, 0.15) is 13.2 Å². The van der Waals surface area contributed by atoms with Crippen molar-refractivity contribution in [2.45, 2.75) is 206 Å². The highest BCUT2D eigenvalue weighted by Crippen LogP contribution is 2.15. The predicted octanol–water partition coefficient (Wildman–Crippen LogP) is 15.6. The molecular weight excluding hydrogens is 863 g/mol. The molecule has 0 aromatic rings. The average molecular weight is 963 g/mol. The van der Waals surface area contributed by atoms with Crippen LogP contribution in [0.2, 0.25) is 0 Å². The molecule has 1 N–H and O–H groups in total. The zero-order valence-electron chi connectivity index (χ0n) is 44.4. The smallest absolute Gasteiger partial charge is 0.361 e. The number of likely N-dealkylation sites (N-methyl/N-ethyl adjacent to an activating group) is 1. The van der Waals surface area contributed by atoms with E-state index in [-0.39, 0.29) is 32.7 Å². The zero-order valence-corrected chi connectivity index (χ0v) is 44.4. The number of aliphatic carboxylic acids is 1. The molecule has 0 aromatic carbocycles. The number of carboxylic acid groups (broad SMARTS) is 1. The zero-order chi connectivity index (χ0) is 50.6. The Labute approximate surface area is 422 Å². The van der Waals surface area contributed by atoms with E-state index < -0.39 is 30.3 Å². The lowest BCUT2D eigenvalue weighted by molar-refractivity contribution is -0.870. The van der Waals surface area contributed by atoms with Crippen molar-refractivity contribution < 1.29 is 42.9 Å². The molecule has 0 amide bonds. The Morgan fingerprint density at radius 2 is 0.812 bits per heavy atom. The fraction of sp³-hybridized carbons (Fsp3) is 0.650. The average Bonchev–Trinajstić information content (AvgIpc) is 3.31. The van der Waals surface area contributed by atoms with Gasteiger partial charge in [-0.3, -0.25) is 9.59 Å². The summed E-state index contributed by atoms with van der Waals surface area (Å²) in [6.07, 6.45) is 66.2. The van der Waals surface area contributed by atoms with E-state index in [0.717, 1.165) is 77.0 Å². The Kier molecular flexibility index (Phi) is 47.4. The van der Waals surface area contributed by atoms with Crippen molar-refractivity contribution in [1.82, 2.24) is 0 Å². The van der Waals surface area contributed by atoms with Gasteiger partial charge in [-0.05, 0) is 83.5 Å². The third-order valence-corrected chi connectivity index (χ3v) is 11.0. The van der Waals surface area contributed by atoms with Crippen LogP contribution in [0.3, 0.4) is 0 Å². The Balaban J connectivity index is 4.22. The highest BCUT2D eigenvalue weighted by Gasteiger charge is 2.25. The summed E-state index contributed by atoms with van der Waals surface area (Å²) in [6, 6.07) is 0. The molecule has 392 valence electrons. The topological polar surface area (TPSA) is 108 Å². The monoisotopic (exact) mass is 963 g/mol. The Morgan fingerprint density at radius 1 is 0.435 bits per heavy atom. The Hall–Kier alpha value is -4.05. The second-order valence-electron chi connectivity index (χ2n) is 18.8. The summed E-state index contributed by atoms with van der Waals surface area (Å²) in [5.74, 6) is -2.12. The van der Waals surface area contributed by atoms with Gasteiger partial charge in [-0.25, -0.2) is 4.79 Å². The summed E-state index contributed by atoms with van der Waals surface area (Å²) >= 11 is 0. The van der Waals surface area contributed by atoms with Crippen LogP contribution >= 0.6 is 0 Å². The molecular formula is C60H100NO8+. The van der Waals surface area contributed by atoms with Gasteiger partial charge in [-0.2, -0.15) is 0 Å². The Morgan fingerprint density at radius 3 is 1.22 bits per heavy atom. The fourth-order valence-electron chi connectivity index (χ4n) is 6.94. The number of ether oxygens (including phenoxy) is 4. The number of esters is 2. The van der Waals surface area contributed by atoms with Crippen molar-refractivity contribution in [2.75, 3.05) is 47.5 Å². The Bertz CT molecular complexity index is 1490. The van der Waals surface area contributed by atoms with Crippen LogP contribution < -0.4 is 0 Å². The van der Waals surface area contributed by atoms with E-state index in [2.05, 4.69) is 111 Å². The van der Waals surface area contributed by atoms with E-state index in [4.69, 9.17) is 18.9 Å². The van der Waals surface area contributed by atoms with Crippen LogP contribution in [0.4, 0.5) is 0 Å². The second-order valence-corrected chi connectivity index (χ2v) is 18.8. The maximum Gasteiger partial charge on any atom is 0.361 e. The molecule has 2 atom stereocenters. The van der Waals surface area contributed by atoms with Gasteiger partial charge >= 0.3 is 17.9 Å². The molecule has 0 aliphatic rings. The number of nitrogens with zero attached hydrogens (tertiary/aromatic N) is 1. The number of rotatable bonds is 48. The van der Waals surface area contributed by atoms with E-state index in [9.17, 15) is 19.5 Å². The number of allylic oxidation sites excluding steroid dienone is 18. The lowest BCUT2D eigenvalue weighted by Crippen LogP contribution is -2.40. The van der Waals surface area contributed by atoms with Crippen LogP contribution in [0.25, 0.3) is 0 Å². The van der Waals surface area contributed by atoms with Crippen LogP contribution in [-0.2, 0) is 33.3 Å². The molecule has 2 unspecified atom stereocenters. The molecule has 0 rings (SSSR count). The molecule has 0 aliphatic carbocycles. The van der Waals surface area contributed by atoms with E-state index in [1.807, 2.05) is 33.3 Å². The summed E-state index contributed by atoms with van der Waals surface area (Å²) in [7, 11) is 5.93. The molecule has 0 aromatic heterocycles. The van der Waals surface area contributed by atoms with Crippen molar-refractivity contribution in [3.63, 3.8) is 0 Å². The van der Waals surface area contributed by atoms with Gasteiger partial charge in [0.2, 0.25) is 0 Å². The molecule has 0 saturated heterocycles. The van der Waals surface area contributed by atoms with Gasteiger partial charge in [0.05, 0.1) is 34.4 Å². The highest BCUT2D eigenvalue weighted by molar-refractivity contribution is 5.71. The predicted molar refractivity (Wildman–Crippen MR) is 290 cm³/mol. The number of unbranched alkanes of at least 4 members (excludes halogenated alkanes) is 15. The SMILES string of the molecule is CC/C=C\C/C=C\C/C=C\C/C=C\C/C=C\CCCCCCCCCCCCCCCCCC(=O)OC(COC(=O)CC/C=C\C/C=C\C/C=C\C/C=C\CC)COC(OCC[N+](C)(C)C)C(=O)O. The van der Waals surface area contributed by atoms with E-state index in [1.54, 1.807) is 0 Å². The molecule has 9 heteroatoms. The third kappa shape index (κ3) is 51.6. The normalized spacial score (nSPS) is 13.7. The lowest BCUT2D eigenvalue weighted by atomic mass is 10.0. The van der Waals surface area contributed by atoms with E-state index >= 15 is 0 Å². The quantitative estimate of drug-likeness (QED) is 0.0211. The van der Waals surface area contributed by atoms with Crippen molar-refractivity contribution in [3.8, 4) is 0 Å². The van der Waals surface area contributed by atoms with Crippen molar-refractivity contribution in [1.29, 1.82) is 0 Å². The second kappa shape index (κ2) is 50.3. The minimum absolute atomic E-state index is 0.172. The largest absolute Gasteiger partial charge is 0.477 e. The first kappa shape index (κ1) is 65.0. The number of hydrogen-bond acceptors (Lipinski definition) is 7. The standard InChI is InChI=1S/C60H99NO8/c1-6-8-10-12-14-16-18-20-21-22-23-24-25-26-27-28-29-30-31-32-33-34-35-36-37-39-41-43-45-47-49-51-58(63)69-56(55-68-60(59(64)65)66-53-52-61(3,4)5)54-67-57(62)50-48-46-44-42-40-38-19-17-15-13-11-9-7-2/h8-11,14-17,20-21,23-24,26-27,38,40,44,46,56,60H,6-7,12-13,18-19,22,25,28-37,39,41-43,45,47-55H2,1-5H3/p+1/b10-8-,11-9-,16-14-,17-15-,21-20-,24-23-,27-26-,40-38-,46-44-. The van der Waals surface area contributed by atoms with Crippen LogP contribution in [0.5, 0.6) is 0 Å². The van der Waals surface area contributed by atoms with Crippen LogP contribution in [0.1, 0.15) is 194 Å². The van der Waals surface area contributed by atoms with Gasteiger partial charge in [-0.15, -0.1) is 0 Å². The molecule has 0 fully saturated rings. The first-order chi connectivity index (χ1) is 33.6. The number of quaternary nitrogens is 1. The molecule has 0 spiro atoms. The fourth-order valence-corrected chi connectivity index (χ4v) is 6.94. The molecule has 0 bridgehead atoms. The van der Waals surface area contributed by atoms with Crippen LogP contribution in [0.15, 0.2) is 109 Å². The first-order valence-corrected chi connectivity index (χ1v) is 27.1. The molecule has 0 aliphatic heterocycles. The van der Waals surface area contributed by atoms with Crippen LogP contribution in [0, 0.1) is 0 Å². The number of hydrogen-bond donors (Lipinski definition) is 1. The highest BCUT2D eigenvalue weighted by atomic mass is 16.7. The van der Waals surface area contributed by atoms with Gasteiger partial charge in [0.15, 0.2) is 6.10 Å². The van der Waals surface area contributed by atoms with Crippen molar-refractivity contribution in [2.24, 2.45) is 0 Å². The van der Waals surface area contributed by atoms with Gasteiger partial charge < -0.3 is 28.5 Å². The first-order valence-electron chi connectivity index (χ1n) is 27.1. The summed E-state index contributed by atoms with van der Waals surface area (Å²) in [4.78, 5) is 37.2. The lowest BCUT2D eigenvalue weighted by Gasteiger charge is -2.25. The third-order valence-electron chi connectivity index (χ3n) is 11.0. The van der Waals surface area contributed by atoms with E-state index in [1.165, 1.54) is 77.0 Å². The number of carbonyl (C=O) groups is 3. The molecule has 0 radical (unpaired) electrons. The van der Waals surface area contributed by atoms with Gasteiger partial charge in [-0.1, -0.05) is 207 Å². The van der Waals surface area contributed by atoms with Gasteiger partial charge in [0, 0.05) is 12.8 Å². The number of carbonyl (C=O) groups excluding carboxylic acids is 2. The maximum atomic E-state index is 12.8. The molecule has 0 heterocycles. The van der Waals surface area contributed by atoms with E-state index in [0.29, 0.717) is 23.9 Å². The molecule has 9 nitrogen and oxygen atoms in total. The summed E-state index contributed by atoms with van der Waals surface area (Å²) in [5.41, 5.74) is 0. The summed E-state index contributed by atoms with van der Waals surface area (Å²) in [5, 5.41) is 9.67. The minimum atomic E-state index is -1.53. The minimum Gasteiger partial charge on any atom is -0.477 e.